The maximum atomic E-state index is 12.5. The summed E-state index contributed by atoms with van der Waals surface area (Å²) in [5, 5.41) is 5.96. The highest BCUT2D eigenvalue weighted by atomic mass is 32.2. The van der Waals surface area contributed by atoms with Gasteiger partial charge in [0.25, 0.3) is 0 Å². The van der Waals surface area contributed by atoms with Crippen molar-refractivity contribution in [3.63, 3.8) is 0 Å². The summed E-state index contributed by atoms with van der Waals surface area (Å²) in [4.78, 5) is 12.6. The molecule has 0 heterocycles. The summed E-state index contributed by atoms with van der Waals surface area (Å²) in [6.07, 6.45) is 0. The quantitative estimate of drug-likeness (QED) is 0.814. The van der Waals surface area contributed by atoms with Gasteiger partial charge in [0.15, 0.2) is 0 Å². The van der Waals surface area contributed by atoms with E-state index in [9.17, 15) is 13.2 Å². The molecule has 0 radical (unpaired) electrons. The lowest BCUT2D eigenvalue weighted by atomic mass is 10.1. The molecule has 2 N–H and O–H groups in total. The van der Waals surface area contributed by atoms with Gasteiger partial charge >= 0.3 is 0 Å². The summed E-state index contributed by atoms with van der Waals surface area (Å²) in [6.45, 7) is 5.78. The molecule has 2 aromatic carbocycles. The van der Waals surface area contributed by atoms with Crippen LogP contribution in [-0.2, 0) is 14.8 Å². The molecule has 0 aliphatic heterocycles. The van der Waals surface area contributed by atoms with Crippen LogP contribution in [0.2, 0.25) is 0 Å². The van der Waals surface area contributed by atoms with E-state index in [2.05, 4.69) is 10.6 Å². The van der Waals surface area contributed by atoms with Crippen molar-refractivity contribution < 1.29 is 13.2 Å². The van der Waals surface area contributed by atoms with Crippen LogP contribution >= 0.6 is 0 Å². The lowest BCUT2D eigenvalue weighted by molar-refractivity contribution is -0.116. The molecule has 0 fully saturated rings. The van der Waals surface area contributed by atoms with Crippen molar-refractivity contribution in [1.29, 1.82) is 0 Å². The molecule has 1 amide bonds. The fourth-order valence-corrected chi connectivity index (χ4v) is 3.35. The van der Waals surface area contributed by atoms with Crippen LogP contribution in [0.1, 0.15) is 18.1 Å². The molecule has 26 heavy (non-hydrogen) atoms. The zero-order chi connectivity index (χ0) is 19.5. The summed E-state index contributed by atoms with van der Waals surface area (Å²) >= 11 is 0. The van der Waals surface area contributed by atoms with Gasteiger partial charge < -0.3 is 10.6 Å². The molecule has 0 aromatic heterocycles. The number of nitrogens with zero attached hydrogens (tertiary/aromatic N) is 1. The molecule has 0 saturated carbocycles. The summed E-state index contributed by atoms with van der Waals surface area (Å²) in [7, 11) is -0.610. The van der Waals surface area contributed by atoms with Crippen molar-refractivity contribution in [3.05, 3.63) is 53.6 Å². The van der Waals surface area contributed by atoms with E-state index in [0.717, 1.165) is 21.1 Å². The van der Waals surface area contributed by atoms with Gasteiger partial charge in [0, 0.05) is 25.5 Å². The molecule has 0 aliphatic rings. The van der Waals surface area contributed by atoms with E-state index in [1.165, 1.54) is 26.2 Å². The number of benzene rings is 2. The molecule has 2 rings (SSSR count). The zero-order valence-corrected chi connectivity index (χ0v) is 16.5. The van der Waals surface area contributed by atoms with E-state index in [-0.39, 0.29) is 10.8 Å². The Bertz CT molecular complexity index is 908. The van der Waals surface area contributed by atoms with Gasteiger partial charge in [-0.05, 0) is 56.2 Å². The van der Waals surface area contributed by atoms with E-state index < -0.39 is 16.1 Å². The van der Waals surface area contributed by atoms with Gasteiger partial charge in [-0.3, -0.25) is 4.79 Å². The van der Waals surface area contributed by atoms with Crippen LogP contribution < -0.4 is 10.6 Å². The lowest BCUT2D eigenvalue weighted by Gasteiger charge is -2.18. The Morgan fingerprint density at radius 2 is 1.73 bits per heavy atom. The van der Waals surface area contributed by atoms with Gasteiger partial charge in [0.2, 0.25) is 15.9 Å². The molecule has 1 atom stereocenters. The van der Waals surface area contributed by atoms with Crippen molar-refractivity contribution in [2.45, 2.75) is 31.7 Å². The van der Waals surface area contributed by atoms with Crippen molar-refractivity contribution >= 4 is 27.3 Å². The number of amides is 1. The number of hydrogen-bond donors (Lipinski definition) is 2. The van der Waals surface area contributed by atoms with Gasteiger partial charge in [-0.1, -0.05) is 18.2 Å². The number of aryl methyl sites for hydroxylation is 1. The molecule has 6 nitrogen and oxygen atoms in total. The largest absolute Gasteiger partial charge is 0.374 e. The summed E-state index contributed by atoms with van der Waals surface area (Å²) in [6, 6.07) is 11.6. The van der Waals surface area contributed by atoms with Crippen LogP contribution in [0.25, 0.3) is 0 Å². The first-order valence-corrected chi connectivity index (χ1v) is 9.73. The third-order valence-corrected chi connectivity index (χ3v) is 6.06. The monoisotopic (exact) mass is 375 g/mol. The minimum atomic E-state index is -3.55. The first-order valence-electron chi connectivity index (χ1n) is 8.29. The summed E-state index contributed by atoms with van der Waals surface area (Å²) in [5.41, 5.74) is 3.57. The number of carbonyl (C=O) groups excluding carboxylic acids is 1. The predicted molar refractivity (Wildman–Crippen MR) is 105 cm³/mol. The molecule has 0 saturated heterocycles. The van der Waals surface area contributed by atoms with Crippen LogP contribution in [0.3, 0.4) is 0 Å². The first-order chi connectivity index (χ1) is 12.1. The molecule has 0 aliphatic carbocycles. The van der Waals surface area contributed by atoms with Crippen molar-refractivity contribution in [2.75, 3.05) is 24.7 Å². The number of sulfonamides is 1. The molecule has 0 bridgehead atoms. The SMILES string of the molecule is Cc1cccc(NC(C)C(=O)Nc2cccc(S(=O)(=O)N(C)C)c2)c1C. The average molecular weight is 375 g/mol. The van der Waals surface area contributed by atoms with E-state index >= 15 is 0 Å². The van der Waals surface area contributed by atoms with Crippen LogP contribution in [0.4, 0.5) is 11.4 Å². The minimum absolute atomic E-state index is 0.135. The van der Waals surface area contributed by atoms with Crippen LogP contribution in [-0.4, -0.2) is 38.8 Å². The van der Waals surface area contributed by atoms with Crippen LogP contribution in [0, 0.1) is 13.8 Å². The highest BCUT2D eigenvalue weighted by Gasteiger charge is 2.19. The Labute approximate surface area is 155 Å². The molecule has 2 aromatic rings. The second-order valence-corrected chi connectivity index (χ2v) is 8.57. The predicted octanol–water partition coefficient (Wildman–Crippen LogP) is 2.99. The molecule has 140 valence electrons. The third kappa shape index (κ3) is 4.42. The second-order valence-electron chi connectivity index (χ2n) is 6.42. The Kier molecular flexibility index (Phi) is 6.05. The van der Waals surface area contributed by atoms with E-state index in [4.69, 9.17) is 0 Å². The topological polar surface area (TPSA) is 78.5 Å². The fraction of sp³-hybridized carbons (Fsp3) is 0.316. The van der Waals surface area contributed by atoms with E-state index in [1.807, 2.05) is 32.0 Å². The van der Waals surface area contributed by atoms with Gasteiger partial charge in [-0.15, -0.1) is 0 Å². The number of hydrogen-bond acceptors (Lipinski definition) is 4. The van der Waals surface area contributed by atoms with Gasteiger partial charge in [-0.25, -0.2) is 12.7 Å². The van der Waals surface area contributed by atoms with E-state index in [0.29, 0.717) is 5.69 Å². The normalized spacial score (nSPS) is 12.7. The highest BCUT2D eigenvalue weighted by molar-refractivity contribution is 7.89. The van der Waals surface area contributed by atoms with Crippen molar-refractivity contribution in [1.82, 2.24) is 4.31 Å². The third-order valence-electron chi connectivity index (χ3n) is 4.25. The van der Waals surface area contributed by atoms with Gasteiger partial charge in [-0.2, -0.15) is 0 Å². The Morgan fingerprint density at radius 1 is 1.08 bits per heavy atom. The first kappa shape index (κ1) is 19.9. The molecular weight excluding hydrogens is 350 g/mol. The number of anilines is 2. The van der Waals surface area contributed by atoms with Crippen molar-refractivity contribution in [2.24, 2.45) is 0 Å². The zero-order valence-electron chi connectivity index (χ0n) is 15.7. The molecule has 0 spiro atoms. The Hall–Kier alpha value is -2.38. The maximum Gasteiger partial charge on any atom is 0.246 e. The number of nitrogens with one attached hydrogen (secondary N) is 2. The second kappa shape index (κ2) is 7.88. The molecule has 7 heteroatoms. The van der Waals surface area contributed by atoms with Gasteiger partial charge in [0.05, 0.1) is 4.90 Å². The summed E-state index contributed by atoms with van der Waals surface area (Å²) < 4.78 is 25.6. The number of carbonyl (C=O) groups is 1. The summed E-state index contributed by atoms with van der Waals surface area (Å²) in [5.74, 6) is -0.245. The van der Waals surface area contributed by atoms with Crippen molar-refractivity contribution in [3.8, 4) is 0 Å². The molecule has 1 unspecified atom stereocenters. The molecular formula is C19H25N3O3S. The van der Waals surface area contributed by atoms with Crippen LogP contribution in [0.15, 0.2) is 47.4 Å². The van der Waals surface area contributed by atoms with E-state index in [1.54, 1.807) is 19.1 Å². The highest BCUT2D eigenvalue weighted by Crippen LogP contribution is 2.20. The number of rotatable bonds is 6. The minimum Gasteiger partial charge on any atom is -0.374 e. The average Bonchev–Trinajstić information content (AvgIpc) is 2.59. The van der Waals surface area contributed by atoms with Gasteiger partial charge in [0.1, 0.15) is 6.04 Å². The lowest BCUT2D eigenvalue weighted by Crippen LogP contribution is -2.32. The Balaban J connectivity index is 2.13. The Morgan fingerprint density at radius 3 is 2.38 bits per heavy atom. The standard InChI is InChI=1S/C19H25N3O3S/c1-13-8-6-11-18(14(13)2)20-15(3)19(23)21-16-9-7-10-17(12-16)26(24,25)22(4)5/h6-12,15,20H,1-5H3,(H,21,23). The fourth-order valence-electron chi connectivity index (χ4n) is 2.40. The maximum absolute atomic E-state index is 12.5. The van der Waals surface area contributed by atoms with Crippen LogP contribution in [0.5, 0.6) is 0 Å². The smallest absolute Gasteiger partial charge is 0.246 e.